The Labute approximate surface area is 92.5 Å². The second-order valence-electron chi connectivity index (χ2n) is 2.09. The smallest absolute Gasteiger partial charge is 0.0843 e. The number of hydroxylamine groups is 1. The van der Waals surface area contributed by atoms with Crippen LogP contribution in [0.2, 0.25) is 0 Å². The lowest BCUT2D eigenvalue weighted by Gasteiger charge is -1.99. The molecule has 1 heterocycles. The number of thiophene rings is 1. The molecule has 5 heteroatoms. The van der Waals surface area contributed by atoms with E-state index in [9.17, 15) is 0 Å². The molecule has 0 radical (unpaired) electrons. The van der Waals surface area contributed by atoms with Crippen LogP contribution in [0.3, 0.4) is 0 Å². The van der Waals surface area contributed by atoms with Gasteiger partial charge in [-0.2, -0.15) is 5.48 Å². The van der Waals surface area contributed by atoms with Gasteiger partial charge in [-0.25, -0.2) is 0 Å². The predicted octanol–water partition coefficient (Wildman–Crippen LogP) is 3.31. The van der Waals surface area contributed by atoms with Crippen LogP contribution in [0.5, 0.6) is 0 Å². The molecule has 1 aromatic rings. The van der Waals surface area contributed by atoms with Crippen molar-refractivity contribution in [1.29, 1.82) is 0 Å². The van der Waals surface area contributed by atoms with Crippen LogP contribution in [-0.2, 0) is 11.4 Å². The van der Waals surface area contributed by atoms with Gasteiger partial charge in [-0.3, -0.25) is 0 Å². The van der Waals surface area contributed by atoms with Gasteiger partial charge in [0.1, 0.15) is 0 Å². The summed E-state index contributed by atoms with van der Waals surface area (Å²) in [5.41, 5.74) is 2.86. The van der Waals surface area contributed by atoms with Crippen LogP contribution < -0.4 is 5.48 Å². The molecule has 0 bridgehead atoms. The average Bonchev–Trinajstić information content (AvgIpc) is 2.32. The molecule has 1 N–H and O–H groups in total. The molecule has 12 heavy (non-hydrogen) atoms. The summed E-state index contributed by atoms with van der Waals surface area (Å²) in [6.07, 6.45) is 0. The van der Waals surface area contributed by atoms with Crippen molar-refractivity contribution in [3.05, 3.63) is 19.2 Å². The topological polar surface area (TPSA) is 21.3 Å². The molecule has 0 unspecified atom stereocenters. The van der Waals surface area contributed by atoms with E-state index in [4.69, 9.17) is 4.84 Å². The Hall–Kier alpha value is 0.580. The summed E-state index contributed by atoms with van der Waals surface area (Å²) >= 11 is 8.54. The Morgan fingerprint density at radius 3 is 2.83 bits per heavy atom. The molecule has 1 rings (SSSR count). The first-order valence-electron chi connectivity index (χ1n) is 3.52. The van der Waals surface area contributed by atoms with Crippen LogP contribution in [0, 0.1) is 0 Å². The van der Waals surface area contributed by atoms with Gasteiger partial charge in [-0.15, -0.1) is 11.3 Å². The molecule has 68 valence electrons. The van der Waals surface area contributed by atoms with E-state index < -0.39 is 0 Å². The van der Waals surface area contributed by atoms with Crippen LogP contribution in [0.15, 0.2) is 14.3 Å². The van der Waals surface area contributed by atoms with Gasteiger partial charge in [0.15, 0.2) is 0 Å². The Balaban J connectivity index is 2.42. The molecular formula is C7H9Br2NOS. The molecule has 1 aromatic heterocycles. The van der Waals surface area contributed by atoms with Gasteiger partial charge < -0.3 is 4.84 Å². The monoisotopic (exact) mass is 313 g/mol. The van der Waals surface area contributed by atoms with Crippen molar-refractivity contribution in [3.8, 4) is 0 Å². The van der Waals surface area contributed by atoms with Crippen LogP contribution in [0.25, 0.3) is 0 Å². The molecule has 0 amide bonds. The van der Waals surface area contributed by atoms with Crippen LogP contribution in [0.4, 0.5) is 0 Å². The highest BCUT2D eigenvalue weighted by molar-refractivity contribution is 9.13. The minimum atomic E-state index is 0.688. The van der Waals surface area contributed by atoms with Gasteiger partial charge in [0.05, 0.1) is 16.9 Å². The van der Waals surface area contributed by atoms with Crippen LogP contribution in [-0.4, -0.2) is 6.61 Å². The zero-order chi connectivity index (χ0) is 8.97. The summed E-state index contributed by atoms with van der Waals surface area (Å²) in [6.45, 7) is 3.39. The molecular weight excluding hydrogens is 306 g/mol. The largest absolute Gasteiger partial charge is 0.302 e. The zero-order valence-corrected chi connectivity index (χ0v) is 10.6. The van der Waals surface area contributed by atoms with E-state index >= 15 is 0 Å². The highest BCUT2D eigenvalue weighted by Crippen LogP contribution is 2.32. The highest BCUT2D eigenvalue weighted by atomic mass is 79.9. The van der Waals surface area contributed by atoms with E-state index in [0.29, 0.717) is 6.61 Å². The second kappa shape index (κ2) is 5.34. The summed E-state index contributed by atoms with van der Waals surface area (Å²) in [6, 6.07) is 2.07. The summed E-state index contributed by atoms with van der Waals surface area (Å²) in [5.74, 6) is 0. The van der Waals surface area contributed by atoms with Gasteiger partial charge in [0.25, 0.3) is 0 Å². The van der Waals surface area contributed by atoms with Crippen molar-refractivity contribution in [3.63, 3.8) is 0 Å². The lowest BCUT2D eigenvalue weighted by atomic mass is 10.5. The fourth-order valence-electron chi connectivity index (χ4n) is 0.703. The number of hydrogen-bond donors (Lipinski definition) is 1. The van der Waals surface area contributed by atoms with Crippen molar-refractivity contribution < 1.29 is 4.84 Å². The summed E-state index contributed by atoms with van der Waals surface area (Å²) in [4.78, 5) is 6.25. The van der Waals surface area contributed by atoms with E-state index in [1.165, 1.54) is 4.88 Å². The molecule has 0 aromatic carbocycles. The summed E-state index contributed by atoms with van der Waals surface area (Å²) < 4.78 is 2.22. The molecule has 2 nitrogen and oxygen atoms in total. The SMILES string of the molecule is CCONCc1cc(Br)c(Br)s1. The Morgan fingerprint density at radius 2 is 2.33 bits per heavy atom. The van der Waals surface area contributed by atoms with Crippen LogP contribution >= 0.6 is 43.2 Å². The summed E-state index contributed by atoms with van der Waals surface area (Å²) in [7, 11) is 0. The fraction of sp³-hybridized carbons (Fsp3) is 0.429. The quantitative estimate of drug-likeness (QED) is 0.680. The number of nitrogens with one attached hydrogen (secondary N) is 1. The maximum absolute atomic E-state index is 5.01. The van der Waals surface area contributed by atoms with Crippen LogP contribution in [0.1, 0.15) is 11.8 Å². The molecule has 0 aliphatic carbocycles. The fourth-order valence-corrected chi connectivity index (χ4v) is 2.81. The zero-order valence-electron chi connectivity index (χ0n) is 6.56. The van der Waals surface area contributed by atoms with Crippen molar-refractivity contribution >= 4 is 43.2 Å². The highest BCUT2D eigenvalue weighted by Gasteiger charge is 2.02. The van der Waals surface area contributed by atoms with Crippen molar-refractivity contribution in [1.82, 2.24) is 5.48 Å². The Morgan fingerprint density at radius 1 is 1.58 bits per heavy atom. The van der Waals surface area contributed by atoms with Gasteiger partial charge >= 0.3 is 0 Å². The van der Waals surface area contributed by atoms with E-state index in [0.717, 1.165) is 14.8 Å². The standard InChI is InChI=1S/C7H9Br2NOS/c1-2-11-10-4-5-3-6(8)7(9)12-5/h3,10H,2,4H2,1H3. The number of hydrogen-bond acceptors (Lipinski definition) is 3. The van der Waals surface area contributed by atoms with E-state index in [1.54, 1.807) is 11.3 Å². The maximum Gasteiger partial charge on any atom is 0.0843 e. The third-order valence-corrected chi connectivity index (χ3v) is 4.45. The van der Waals surface area contributed by atoms with E-state index in [2.05, 4.69) is 43.4 Å². The van der Waals surface area contributed by atoms with Gasteiger partial charge in [0, 0.05) is 9.35 Å². The first-order valence-corrected chi connectivity index (χ1v) is 5.92. The predicted molar refractivity (Wildman–Crippen MR) is 58.2 cm³/mol. The first-order chi connectivity index (χ1) is 5.74. The molecule has 0 aliphatic rings. The number of rotatable bonds is 4. The van der Waals surface area contributed by atoms with Crippen molar-refractivity contribution in [2.75, 3.05) is 6.61 Å². The van der Waals surface area contributed by atoms with E-state index in [1.807, 2.05) is 6.92 Å². The van der Waals surface area contributed by atoms with Gasteiger partial charge in [-0.1, -0.05) is 0 Å². The molecule has 0 fully saturated rings. The van der Waals surface area contributed by atoms with Gasteiger partial charge in [0.2, 0.25) is 0 Å². The maximum atomic E-state index is 5.01. The molecule has 0 aliphatic heterocycles. The normalized spacial score (nSPS) is 10.6. The molecule has 0 atom stereocenters. The number of halogens is 2. The molecule has 0 saturated heterocycles. The molecule has 0 spiro atoms. The lowest BCUT2D eigenvalue weighted by molar-refractivity contribution is 0.0469. The lowest BCUT2D eigenvalue weighted by Crippen LogP contribution is -2.12. The minimum absolute atomic E-state index is 0.688. The summed E-state index contributed by atoms with van der Waals surface area (Å²) in [5, 5.41) is 0. The average molecular weight is 315 g/mol. The van der Waals surface area contributed by atoms with Crippen molar-refractivity contribution in [2.24, 2.45) is 0 Å². The molecule has 0 saturated carbocycles. The second-order valence-corrected chi connectivity index (χ2v) is 5.40. The third-order valence-electron chi connectivity index (χ3n) is 1.19. The van der Waals surface area contributed by atoms with Crippen molar-refractivity contribution in [2.45, 2.75) is 13.5 Å². The Kier molecular flexibility index (Phi) is 4.74. The Bertz CT molecular complexity index is 232. The van der Waals surface area contributed by atoms with Gasteiger partial charge in [-0.05, 0) is 44.8 Å². The first kappa shape index (κ1) is 10.7. The van der Waals surface area contributed by atoms with E-state index in [-0.39, 0.29) is 0 Å². The third kappa shape index (κ3) is 3.14. The minimum Gasteiger partial charge on any atom is -0.302 e.